The average molecular weight is 234 g/mol. The van der Waals surface area contributed by atoms with E-state index in [9.17, 15) is 14.4 Å². The van der Waals surface area contributed by atoms with E-state index < -0.39 is 17.9 Å². The van der Waals surface area contributed by atoms with E-state index >= 15 is 0 Å². The van der Waals surface area contributed by atoms with Crippen LogP contribution < -0.4 is 0 Å². The molecule has 5 nitrogen and oxygen atoms in total. The number of hydrogen-bond donors (Lipinski definition) is 1. The van der Waals surface area contributed by atoms with Crippen molar-refractivity contribution in [1.82, 2.24) is 0 Å². The van der Waals surface area contributed by atoms with Gasteiger partial charge in [0.1, 0.15) is 0 Å². The van der Waals surface area contributed by atoms with Gasteiger partial charge in [-0.3, -0.25) is 0 Å². The molecule has 0 atom stereocenters. The molecule has 1 rings (SSSR count). The maximum Gasteiger partial charge on any atom is 0.346 e. The topological polar surface area (TPSA) is 80.7 Å². The molecule has 88 valence electrons. The molecule has 0 spiro atoms. The maximum atomic E-state index is 11.5. The molecule has 0 saturated carbocycles. The van der Waals surface area contributed by atoms with Gasteiger partial charge >= 0.3 is 17.9 Å². The van der Waals surface area contributed by atoms with Gasteiger partial charge in [-0.2, -0.15) is 0 Å². The molecule has 0 bridgehead atoms. The molecule has 0 aromatic heterocycles. The molecule has 0 aliphatic carbocycles. The molecule has 0 saturated heterocycles. The Labute approximate surface area is 97.3 Å². The van der Waals surface area contributed by atoms with Crippen LogP contribution in [0, 0.1) is 0 Å². The quantitative estimate of drug-likeness (QED) is 0.488. The number of ether oxygens (including phenoxy) is 1. The Morgan fingerprint density at radius 1 is 1.24 bits per heavy atom. The molecule has 5 heteroatoms. The number of carboxylic acid groups (broad SMARTS) is 1. The summed E-state index contributed by atoms with van der Waals surface area (Å²) in [6.07, 6.45) is 0. The number of carbonyl (C=O) groups excluding carboxylic acids is 2. The third-order valence-corrected chi connectivity index (χ3v) is 1.88. The minimum atomic E-state index is -1.16. The van der Waals surface area contributed by atoms with Crippen LogP contribution >= 0.6 is 0 Å². The van der Waals surface area contributed by atoms with E-state index in [1.165, 1.54) is 25.1 Å². The number of carboxylic acids is 1. The lowest BCUT2D eigenvalue weighted by molar-refractivity contribution is -0.133. The highest BCUT2D eigenvalue weighted by Crippen LogP contribution is 2.08. The second kappa shape index (κ2) is 5.07. The zero-order valence-corrected chi connectivity index (χ0v) is 9.10. The lowest BCUT2D eigenvalue weighted by atomic mass is 10.1. The van der Waals surface area contributed by atoms with Crippen LogP contribution in [0.1, 0.15) is 27.6 Å². The van der Waals surface area contributed by atoms with Crippen molar-refractivity contribution in [3.8, 4) is 0 Å². The Hall–Kier alpha value is -2.43. The van der Waals surface area contributed by atoms with Crippen molar-refractivity contribution in [1.29, 1.82) is 0 Å². The highest BCUT2D eigenvalue weighted by Gasteiger charge is 2.14. The monoisotopic (exact) mass is 234 g/mol. The zero-order chi connectivity index (χ0) is 13.0. The number of hydrogen-bond acceptors (Lipinski definition) is 4. The lowest BCUT2D eigenvalue weighted by Crippen LogP contribution is -2.13. The number of carbonyl (C=O) groups is 3. The Morgan fingerprint density at radius 3 is 2.35 bits per heavy atom. The van der Waals surface area contributed by atoms with Crippen LogP contribution in [0.5, 0.6) is 0 Å². The van der Waals surface area contributed by atoms with E-state index in [0.717, 1.165) is 6.07 Å². The van der Waals surface area contributed by atoms with Gasteiger partial charge in [-0.1, -0.05) is 12.6 Å². The molecule has 0 fully saturated rings. The molecular weight excluding hydrogens is 224 g/mol. The second-order valence-corrected chi connectivity index (χ2v) is 3.34. The summed E-state index contributed by atoms with van der Waals surface area (Å²) in [5, 5.41) is 8.73. The predicted molar refractivity (Wildman–Crippen MR) is 58.6 cm³/mol. The third kappa shape index (κ3) is 3.27. The first kappa shape index (κ1) is 12.6. The molecule has 0 unspecified atom stereocenters. The van der Waals surface area contributed by atoms with Crippen molar-refractivity contribution < 1.29 is 24.2 Å². The van der Waals surface area contributed by atoms with Gasteiger partial charge in [0.25, 0.3) is 0 Å². The summed E-state index contributed by atoms with van der Waals surface area (Å²) < 4.78 is 4.46. The van der Waals surface area contributed by atoms with Gasteiger partial charge < -0.3 is 9.84 Å². The van der Waals surface area contributed by atoms with Crippen molar-refractivity contribution in [2.75, 3.05) is 0 Å². The molecule has 0 amide bonds. The number of rotatable bonds is 3. The Bertz CT molecular complexity index is 501. The zero-order valence-electron chi connectivity index (χ0n) is 9.10. The highest BCUT2D eigenvalue weighted by atomic mass is 16.6. The molecule has 1 aromatic rings. The molecular formula is C12H10O5. The van der Waals surface area contributed by atoms with Crippen LogP contribution in [0.3, 0.4) is 0 Å². The van der Waals surface area contributed by atoms with Gasteiger partial charge in [0, 0.05) is 5.57 Å². The molecule has 0 heterocycles. The summed E-state index contributed by atoms with van der Waals surface area (Å²) in [5.41, 5.74) is 0.0365. The smallest absolute Gasteiger partial charge is 0.346 e. The van der Waals surface area contributed by atoms with E-state index in [1.54, 1.807) is 0 Å². The Balaban J connectivity index is 2.90. The van der Waals surface area contributed by atoms with Gasteiger partial charge in [-0.25, -0.2) is 14.4 Å². The lowest BCUT2D eigenvalue weighted by Gasteiger charge is -2.03. The number of aromatic carboxylic acids is 1. The first-order chi connectivity index (χ1) is 7.91. The number of benzene rings is 1. The van der Waals surface area contributed by atoms with E-state index in [0.29, 0.717) is 0 Å². The van der Waals surface area contributed by atoms with E-state index in [4.69, 9.17) is 5.11 Å². The molecule has 1 aromatic carbocycles. The first-order valence-corrected chi connectivity index (χ1v) is 4.67. The fraction of sp³-hybridized carbons (Fsp3) is 0.0833. The first-order valence-electron chi connectivity index (χ1n) is 4.67. The predicted octanol–water partition coefficient (Wildman–Crippen LogP) is 1.64. The third-order valence-electron chi connectivity index (χ3n) is 1.88. The van der Waals surface area contributed by atoms with Crippen molar-refractivity contribution in [2.45, 2.75) is 6.92 Å². The minimum Gasteiger partial charge on any atom is -0.478 e. The maximum absolute atomic E-state index is 11.5. The molecule has 0 aliphatic heterocycles. The Kier molecular flexibility index (Phi) is 3.77. The SMILES string of the molecule is C=C(C)C(=O)OC(=O)c1cccc(C(=O)O)c1. The fourth-order valence-electron chi connectivity index (χ4n) is 1.01. The summed E-state index contributed by atoms with van der Waals surface area (Å²) in [6, 6.07) is 5.22. The van der Waals surface area contributed by atoms with Crippen LogP contribution in [-0.4, -0.2) is 23.0 Å². The molecule has 1 N–H and O–H groups in total. The highest BCUT2D eigenvalue weighted by molar-refractivity contribution is 6.02. The summed E-state index contributed by atoms with van der Waals surface area (Å²) in [5.74, 6) is -2.90. The summed E-state index contributed by atoms with van der Waals surface area (Å²) in [6.45, 7) is 4.73. The largest absolute Gasteiger partial charge is 0.478 e. The fourth-order valence-corrected chi connectivity index (χ4v) is 1.01. The summed E-state index contributed by atoms with van der Waals surface area (Å²) in [4.78, 5) is 33.2. The summed E-state index contributed by atoms with van der Waals surface area (Å²) in [7, 11) is 0. The van der Waals surface area contributed by atoms with Crippen molar-refractivity contribution in [2.24, 2.45) is 0 Å². The Morgan fingerprint density at radius 2 is 1.82 bits per heavy atom. The van der Waals surface area contributed by atoms with E-state index in [1.807, 2.05) is 0 Å². The van der Waals surface area contributed by atoms with Gasteiger partial charge in [0.15, 0.2) is 0 Å². The van der Waals surface area contributed by atoms with Crippen LogP contribution in [-0.2, 0) is 9.53 Å². The van der Waals surface area contributed by atoms with Crippen LogP contribution in [0.25, 0.3) is 0 Å². The van der Waals surface area contributed by atoms with Gasteiger partial charge in [0.2, 0.25) is 0 Å². The van der Waals surface area contributed by atoms with Crippen molar-refractivity contribution >= 4 is 17.9 Å². The molecule has 17 heavy (non-hydrogen) atoms. The standard InChI is InChI=1S/C12H10O5/c1-7(2)11(15)17-12(16)9-5-3-4-8(6-9)10(13)14/h3-6H,1H2,2H3,(H,13,14). The van der Waals surface area contributed by atoms with Gasteiger partial charge in [-0.15, -0.1) is 0 Å². The van der Waals surface area contributed by atoms with Gasteiger partial charge in [0.05, 0.1) is 11.1 Å². The number of esters is 2. The molecule has 0 radical (unpaired) electrons. The normalized spacial score (nSPS) is 9.47. The molecule has 0 aliphatic rings. The minimum absolute atomic E-state index is 0.000463. The van der Waals surface area contributed by atoms with Crippen LogP contribution in [0.4, 0.5) is 0 Å². The second-order valence-electron chi connectivity index (χ2n) is 3.34. The summed E-state index contributed by atoms with van der Waals surface area (Å²) >= 11 is 0. The van der Waals surface area contributed by atoms with Crippen LogP contribution in [0.15, 0.2) is 36.4 Å². The van der Waals surface area contributed by atoms with Crippen molar-refractivity contribution in [3.05, 3.63) is 47.5 Å². The van der Waals surface area contributed by atoms with E-state index in [2.05, 4.69) is 11.3 Å². The van der Waals surface area contributed by atoms with Crippen molar-refractivity contribution in [3.63, 3.8) is 0 Å². The van der Waals surface area contributed by atoms with Crippen LogP contribution in [0.2, 0.25) is 0 Å². The van der Waals surface area contributed by atoms with E-state index in [-0.39, 0.29) is 16.7 Å². The van der Waals surface area contributed by atoms with Gasteiger partial charge in [-0.05, 0) is 25.1 Å². The average Bonchev–Trinajstić information content (AvgIpc) is 2.28.